The van der Waals surface area contributed by atoms with Crippen molar-refractivity contribution in [3.8, 4) is 0 Å². The fourth-order valence-electron chi connectivity index (χ4n) is 1.92. The first-order valence-corrected chi connectivity index (χ1v) is 5.03. The Morgan fingerprint density at radius 1 is 1.50 bits per heavy atom. The van der Waals surface area contributed by atoms with Crippen molar-refractivity contribution < 1.29 is 9.59 Å². The fraction of sp³-hybridized carbons (Fsp3) is 0.800. The molecule has 2 rings (SSSR count). The van der Waals surface area contributed by atoms with Gasteiger partial charge in [0.1, 0.15) is 0 Å². The topological polar surface area (TPSA) is 49.4 Å². The lowest BCUT2D eigenvalue weighted by atomic mass is 10.1. The molecule has 1 N–H and O–H groups in total. The van der Waals surface area contributed by atoms with Crippen LogP contribution in [-0.4, -0.2) is 36.3 Å². The van der Waals surface area contributed by atoms with Crippen LogP contribution in [0.2, 0.25) is 0 Å². The molecule has 1 atom stereocenters. The molecule has 2 amide bonds. The summed E-state index contributed by atoms with van der Waals surface area (Å²) in [5.41, 5.74) is 0.369. The minimum absolute atomic E-state index is 0.0388. The fourth-order valence-corrected chi connectivity index (χ4v) is 1.92. The Morgan fingerprint density at radius 3 is 2.71 bits per heavy atom. The molecule has 0 aromatic rings. The van der Waals surface area contributed by atoms with Gasteiger partial charge in [0.2, 0.25) is 11.8 Å². The molecule has 0 aromatic heterocycles. The average Bonchev–Trinajstić information content (AvgIpc) is 2.67. The second kappa shape index (κ2) is 2.97. The van der Waals surface area contributed by atoms with Gasteiger partial charge in [0.05, 0.1) is 13.1 Å². The van der Waals surface area contributed by atoms with Gasteiger partial charge in [-0.3, -0.25) is 9.59 Å². The zero-order valence-corrected chi connectivity index (χ0v) is 8.67. The summed E-state index contributed by atoms with van der Waals surface area (Å²) in [4.78, 5) is 24.2. The third-order valence-corrected chi connectivity index (χ3v) is 3.28. The molecule has 14 heavy (non-hydrogen) atoms. The molecule has 0 spiro atoms. The van der Waals surface area contributed by atoms with Crippen LogP contribution in [0.15, 0.2) is 0 Å². The first-order chi connectivity index (χ1) is 6.49. The van der Waals surface area contributed by atoms with Gasteiger partial charge in [-0.25, -0.2) is 0 Å². The molecule has 4 nitrogen and oxygen atoms in total. The molecule has 78 valence electrons. The van der Waals surface area contributed by atoms with Crippen LogP contribution in [0.25, 0.3) is 0 Å². The van der Waals surface area contributed by atoms with Crippen molar-refractivity contribution in [2.24, 2.45) is 11.3 Å². The largest absolute Gasteiger partial charge is 0.345 e. The highest BCUT2D eigenvalue weighted by molar-refractivity contribution is 5.92. The van der Waals surface area contributed by atoms with Crippen molar-refractivity contribution >= 4 is 11.8 Å². The number of piperazine rings is 1. The highest BCUT2D eigenvalue weighted by atomic mass is 16.2. The summed E-state index contributed by atoms with van der Waals surface area (Å²) in [6.45, 7) is 5.56. The number of nitrogens with zero attached hydrogens (tertiary/aromatic N) is 1. The summed E-state index contributed by atoms with van der Waals surface area (Å²) in [7, 11) is 0. The van der Waals surface area contributed by atoms with Crippen molar-refractivity contribution in [3.63, 3.8) is 0 Å². The molecular weight excluding hydrogens is 180 g/mol. The van der Waals surface area contributed by atoms with Gasteiger partial charge in [0.25, 0.3) is 0 Å². The standard InChI is InChI=1S/C10H16N2O2/c1-10(2)3-7(10)5-12-6-8(13)11-4-9(12)14/h7H,3-6H2,1-2H3,(H,11,13). The second-order valence-corrected chi connectivity index (χ2v) is 4.94. The molecule has 1 heterocycles. The van der Waals surface area contributed by atoms with Crippen LogP contribution >= 0.6 is 0 Å². The van der Waals surface area contributed by atoms with Crippen molar-refractivity contribution in [1.29, 1.82) is 0 Å². The summed E-state index contributed by atoms with van der Waals surface area (Å²) in [6.07, 6.45) is 1.17. The molecule has 0 radical (unpaired) electrons. The number of hydrogen-bond donors (Lipinski definition) is 1. The number of hydrogen-bond acceptors (Lipinski definition) is 2. The average molecular weight is 196 g/mol. The van der Waals surface area contributed by atoms with E-state index in [0.717, 1.165) is 6.54 Å². The maximum Gasteiger partial charge on any atom is 0.242 e. The van der Waals surface area contributed by atoms with Crippen LogP contribution in [0.1, 0.15) is 20.3 Å². The van der Waals surface area contributed by atoms with Crippen LogP contribution < -0.4 is 5.32 Å². The van der Waals surface area contributed by atoms with Gasteiger partial charge in [0, 0.05) is 6.54 Å². The Morgan fingerprint density at radius 2 is 2.14 bits per heavy atom. The van der Waals surface area contributed by atoms with E-state index in [9.17, 15) is 9.59 Å². The zero-order chi connectivity index (χ0) is 10.3. The third kappa shape index (κ3) is 1.74. The van der Waals surface area contributed by atoms with E-state index in [2.05, 4.69) is 19.2 Å². The van der Waals surface area contributed by atoms with Crippen molar-refractivity contribution in [2.45, 2.75) is 20.3 Å². The Labute approximate surface area is 83.6 Å². The monoisotopic (exact) mass is 196 g/mol. The van der Waals surface area contributed by atoms with Crippen LogP contribution in [0.3, 0.4) is 0 Å². The summed E-state index contributed by atoms with van der Waals surface area (Å²) in [6, 6.07) is 0. The highest BCUT2D eigenvalue weighted by Crippen LogP contribution is 2.51. The minimum atomic E-state index is -0.0388. The van der Waals surface area contributed by atoms with E-state index in [1.54, 1.807) is 4.90 Å². The second-order valence-electron chi connectivity index (χ2n) is 4.94. The molecule has 1 aliphatic heterocycles. The quantitative estimate of drug-likeness (QED) is 0.675. The minimum Gasteiger partial charge on any atom is -0.345 e. The van der Waals surface area contributed by atoms with Gasteiger partial charge in [-0.1, -0.05) is 13.8 Å². The Hall–Kier alpha value is -1.06. The number of carbonyl (C=O) groups excluding carboxylic acids is 2. The molecule has 2 fully saturated rings. The van der Waals surface area contributed by atoms with Gasteiger partial charge in [-0.2, -0.15) is 0 Å². The van der Waals surface area contributed by atoms with Crippen molar-refractivity contribution in [1.82, 2.24) is 10.2 Å². The lowest BCUT2D eigenvalue weighted by Gasteiger charge is -2.27. The van der Waals surface area contributed by atoms with Crippen molar-refractivity contribution in [3.05, 3.63) is 0 Å². The smallest absolute Gasteiger partial charge is 0.242 e. The van der Waals surface area contributed by atoms with E-state index >= 15 is 0 Å². The molecule has 0 aromatic carbocycles. The number of nitrogens with one attached hydrogen (secondary N) is 1. The Balaban J connectivity index is 1.90. The van der Waals surface area contributed by atoms with Crippen LogP contribution in [-0.2, 0) is 9.59 Å². The predicted molar refractivity (Wildman–Crippen MR) is 51.5 cm³/mol. The lowest BCUT2D eigenvalue weighted by Crippen LogP contribution is -2.52. The van der Waals surface area contributed by atoms with Crippen LogP contribution in [0, 0.1) is 11.3 Å². The number of rotatable bonds is 2. The number of carbonyl (C=O) groups is 2. The molecule has 1 saturated heterocycles. The summed E-state index contributed by atoms with van der Waals surface area (Å²) in [5.74, 6) is 0.590. The van der Waals surface area contributed by atoms with Gasteiger partial charge < -0.3 is 10.2 Å². The molecular formula is C10H16N2O2. The number of amides is 2. The van der Waals surface area contributed by atoms with Crippen LogP contribution in [0.4, 0.5) is 0 Å². The van der Waals surface area contributed by atoms with E-state index < -0.39 is 0 Å². The Bertz CT molecular complexity index is 286. The molecule has 2 aliphatic rings. The highest BCUT2D eigenvalue weighted by Gasteiger charge is 2.47. The summed E-state index contributed by atoms with van der Waals surface area (Å²) >= 11 is 0. The molecule has 1 unspecified atom stereocenters. The van der Waals surface area contributed by atoms with Gasteiger partial charge in [-0.15, -0.1) is 0 Å². The predicted octanol–water partition coefficient (Wildman–Crippen LogP) is -0.00910. The maximum atomic E-state index is 11.4. The SMILES string of the molecule is CC1(C)CC1CN1CC(=O)NCC1=O. The first kappa shape index (κ1) is 9.49. The van der Waals surface area contributed by atoms with E-state index in [1.165, 1.54) is 6.42 Å². The Kier molecular flexibility index (Phi) is 2.01. The first-order valence-electron chi connectivity index (χ1n) is 5.03. The maximum absolute atomic E-state index is 11.4. The summed E-state index contributed by atoms with van der Waals surface area (Å²) in [5, 5.41) is 2.55. The zero-order valence-electron chi connectivity index (χ0n) is 8.67. The molecule has 0 bridgehead atoms. The van der Waals surface area contributed by atoms with E-state index in [4.69, 9.17) is 0 Å². The van der Waals surface area contributed by atoms with E-state index in [0.29, 0.717) is 11.3 Å². The summed E-state index contributed by atoms with van der Waals surface area (Å²) < 4.78 is 0. The normalized spacial score (nSPS) is 30.1. The lowest BCUT2D eigenvalue weighted by molar-refractivity contribution is -0.140. The van der Waals surface area contributed by atoms with E-state index in [-0.39, 0.29) is 24.9 Å². The van der Waals surface area contributed by atoms with Crippen molar-refractivity contribution in [2.75, 3.05) is 19.6 Å². The van der Waals surface area contributed by atoms with E-state index in [1.807, 2.05) is 0 Å². The third-order valence-electron chi connectivity index (χ3n) is 3.28. The van der Waals surface area contributed by atoms with Crippen LogP contribution in [0.5, 0.6) is 0 Å². The molecule has 1 aliphatic carbocycles. The van der Waals surface area contributed by atoms with Gasteiger partial charge in [0.15, 0.2) is 0 Å². The molecule has 4 heteroatoms. The van der Waals surface area contributed by atoms with Gasteiger partial charge in [-0.05, 0) is 17.8 Å². The van der Waals surface area contributed by atoms with Gasteiger partial charge >= 0.3 is 0 Å². The molecule has 1 saturated carbocycles.